The average molecular weight is 197 g/mol. The van der Waals surface area contributed by atoms with Crippen LogP contribution in [0.5, 0.6) is 0 Å². The molecule has 0 saturated carbocycles. The molecule has 0 bridgehead atoms. The molecule has 0 radical (unpaired) electrons. The second kappa shape index (κ2) is 4.23. The highest BCUT2D eigenvalue weighted by Crippen LogP contribution is 2.07. The van der Waals surface area contributed by atoms with Crippen LogP contribution in [-0.2, 0) is 17.8 Å². The lowest BCUT2D eigenvalue weighted by atomic mass is 10.1. The van der Waals surface area contributed by atoms with E-state index in [1.54, 1.807) is 4.68 Å². The van der Waals surface area contributed by atoms with Gasteiger partial charge in [0.2, 0.25) is 0 Å². The molecule has 1 aromatic rings. The topological polar surface area (TPSA) is 81.1 Å². The van der Waals surface area contributed by atoms with Crippen LogP contribution in [0.3, 0.4) is 0 Å². The van der Waals surface area contributed by atoms with E-state index in [1.165, 1.54) is 0 Å². The number of hydrogen-bond acceptors (Lipinski definition) is 3. The maximum atomic E-state index is 10.5. The van der Waals surface area contributed by atoms with Crippen LogP contribution in [-0.4, -0.2) is 26.9 Å². The second-order valence-electron chi connectivity index (χ2n) is 3.24. The lowest BCUT2D eigenvalue weighted by Crippen LogP contribution is -2.32. The summed E-state index contributed by atoms with van der Waals surface area (Å²) in [5, 5.41) is 12.9. The second-order valence-corrected chi connectivity index (χ2v) is 3.24. The number of carboxylic acids is 1. The zero-order chi connectivity index (χ0) is 10.7. The van der Waals surface area contributed by atoms with E-state index in [4.69, 9.17) is 10.8 Å². The summed E-state index contributed by atoms with van der Waals surface area (Å²) in [7, 11) is 0. The Hall–Kier alpha value is -1.36. The first-order valence-corrected chi connectivity index (χ1v) is 4.56. The standard InChI is InChI=1S/C9H15N3O2/c1-3-12-5-7(6(2)11-12)4-8(10)9(13)14/h5,8H,3-4,10H2,1-2H3,(H,13,14). The summed E-state index contributed by atoms with van der Waals surface area (Å²) in [6, 6.07) is -0.844. The highest BCUT2D eigenvalue weighted by atomic mass is 16.4. The van der Waals surface area contributed by atoms with Crippen molar-refractivity contribution in [3.8, 4) is 0 Å². The molecule has 0 aliphatic rings. The van der Waals surface area contributed by atoms with Gasteiger partial charge >= 0.3 is 5.97 Å². The molecule has 1 atom stereocenters. The third-order valence-electron chi connectivity index (χ3n) is 2.13. The molecule has 1 aromatic heterocycles. The summed E-state index contributed by atoms with van der Waals surface area (Å²) < 4.78 is 1.78. The third-order valence-corrected chi connectivity index (χ3v) is 2.13. The highest BCUT2D eigenvalue weighted by molar-refractivity contribution is 5.73. The maximum absolute atomic E-state index is 10.5. The zero-order valence-corrected chi connectivity index (χ0v) is 8.40. The fraction of sp³-hybridized carbons (Fsp3) is 0.556. The van der Waals surface area contributed by atoms with E-state index in [0.29, 0.717) is 6.42 Å². The summed E-state index contributed by atoms with van der Waals surface area (Å²) in [5.74, 6) is -0.978. The minimum Gasteiger partial charge on any atom is -0.480 e. The molecule has 14 heavy (non-hydrogen) atoms. The van der Waals surface area contributed by atoms with Crippen molar-refractivity contribution in [2.75, 3.05) is 0 Å². The first-order valence-electron chi connectivity index (χ1n) is 4.56. The fourth-order valence-corrected chi connectivity index (χ4v) is 1.25. The van der Waals surface area contributed by atoms with Gasteiger partial charge in [0.05, 0.1) is 5.69 Å². The predicted molar refractivity (Wildman–Crippen MR) is 52.0 cm³/mol. The largest absolute Gasteiger partial charge is 0.480 e. The Morgan fingerprint density at radius 2 is 2.43 bits per heavy atom. The molecule has 1 rings (SSSR count). The van der Waals surface area contributed by atoms with Gasteiger partial charge < -0.3 is 10.8 Å². The summed E-state index contributed by atoms with van der Waals surface area (Å²) >= 11 is 0. The number of rotatable bonds is 4. The van der Waals surface area contributed by atoms with Gasteiger partial charge in [-0.05, 0) is 19.4 Å². The van der Waals surface area contributed by atoms with Crippen LogP contribution in [0.4, 0.5) is 0 Å². The van der Waals surface area contributed by atoms with Gasteiger partial charge in [0.25, 0.3) is 0 Å². The van der Waals surface area contributed by atoms with Crippen molar-refractivity contribution in [3.05, 3.63) is 17.5 Å². The van der Waals surface area contributed by atoms with Crippen LogP contribution >= 0.6 is 0 Å². The van der Waals surface area contributed by atoms with Crippen molar-refractivity contribution >= 4 is 5.97 Å². The molecule has 0 aromatic carbocycles. The van der Waals surface area contributed by atoms with Crippen molar-refractivity contribution in [2.45, 2.75) is 32.9 Å². The minimum absolute atomic E-state index is 0.334. The van der Waals surface area contributed by atoms with Gasteiger partial charge in [-0.1, -0.05) is 0 Å². The number of nitrogens with two attached hydrogens (primary N) is 1. The van der Waals surface area contributed by atoms with Crippen molar-refractivity contribution in [1.82, 2.24) is 9.78 Å². The zero-order valence-electron chi connectivity index (χ0n) is 8.40. The van der Waals surface area contributed by atoms with E-state index in [1.807, 2.05) is 20.0 Å². The van der Waals surface area contributed by atoms with E-state index < -0.39 is 12.0 Å². The predicted octanol–water partition coefficient (Wildman–Crippen LogP) is 0.166. The van der Waals surface area contributed by atoms with Crippen LogP contribution in [0.15, 0.2) is 6.20 Å². The molecule has 3 N–H and O–H groups in total. The fourth-order valence-electron chi connectivity index (χ4n) is 1.25. The molecule has 78 valence electrons. The van der Waals surface area contributed by atoms with E-state index in [2.05, 4.69) is 5.10 Å². The number of hydrogen-bond donors (Lipinski definition) is 2. The number of carbonyl (C=O) groups is 1. The van der Waals surface area contributed by atoms with Crippen LogP contribution in [0, 0.1) is 6.92 Å². The van der Waals surface area contributed by atoms with E-state index >= 15 is 0 Å². The first-order chi connectivity index (χ1) is 6.54. The molecule has 1 unspecified atom stereocenters. The van der Waals surface area contributed by atoms with Crippen LogP contribution in [0.25, 0.3) is 0 Å². The van der Waals surface area contributed by atoms with Gasteiger partial charge in [-0.25, -0.2) is 0 Å². The molecule has 0 aliphatic heterocycles. The minimum atomic E-state index is -0.978. The lowest BCUT2D eigenvalue weighted by Gasteiger charge is -2.03. The summed E-state index contributed by atoms with van der Waals surface area (Å²) in [6.07, 6.45) is 2.18. The quantitative estimate of drug-likeness (QED) is 0.720. The van der Waals surface area contributed by atoms with E-state index in [-0.39, 0.29) is 0 Å². The number of carboxylic acid groups (broad SMARTS) is 1. The van der Waals surface area contributed by atoms with Gasteiger partial charge in [0.1, 0.15) is 6.04 Å². The Morgan fingerprint density at radius 1 is 1.79 bits per heavy atom. The van der Waals surface area contributed by atoms with Gasteiger partial charge in [0.15, 0.2) is 0 Å². The summed E-state index contributed by atoms with van der Waals surface area (Å²) in [6.45, 7) is 4.62. The number of nitrogens with zero attached hydrogens (tertiary/aromatic N) is 2. The van der Waals surface area contributed by atoms with Crippen molar-refractivity contribution in [1.29, 1.82) is 0 Å². The SMILES string of the molecule is CCn1cc(CC(N)C(=O)O)c(C)n1. The first kappa shape index (κ1) is 10.7. The maximum Gasteiger partial charge on any atom is 0.320 e. The highest BCUT2D eigenvalue weighted by Gasteiger charge is 2.15. The van der Waals surface area contributed by atoms with E-state index in [9.17, 15) is 4.79 Å². The molecule has 5 nitrogen and oxygen atoms in total. The summed E-state index contributed by atoms with van der Waals surface area (Å²) in [5.41, 5.74) is 7.19. The molecule has 0 saturated heterocycles. The van der Waals surface area contributed by atoms with Crippen LogP contribution in [0.1, 0.15) is 18.2 Å². The van der Waals surface area contributed by atoms with Crippen LogP contribution in [0.2, 0.25) is 0 Å². The molecule has 0 aliphatic carbocycles. The molecule has 0 amide bonds. The molecular weight excluding hydrogens is 182 g/mol. The number of aryl methyl sites for hydroxylation is 2. The van der Waals surface area contributed by atoms with Gasteiger partial charge in [-0.15, -0.1) is 0 Å². The van der Waals surface area contributed by atoms with Crippen molar-refractivity contribution in [3.63, 3.8) is 0 Å². The van der Waals surface area contributed by atoms with Gasteiger partial charge in [-0.3, -0.25) is 9.48 Å². The Kier molecular flexibility index (Phi) is 3.24. The number of aliphatic carboxylic acids is 1. The molecule has 1 heterocycles. The van der Waals surface area contributed by atoms with Crippen LogP contribution < -0.4 is 5.73 Å². The van der Waals surface area contributed by atoms with Gasteiger partial charge in [0, 0.05) is 19.2 Å². The van der Waals surface area contributed by atoms with Crippen molar-refractivity contribution in [2.24, 2.45) is 5.73 Å². The molecule has 0 fully saturated rings. The average Bonchev–Trinajstić information content (AvgIpc) is 2.47. The van der Waals surface area contributed by atoms with E-state index in [0.717, 1.165) is 17.8 Å². The third kappa shape index (κ3) is 2.32. The summed E-state index contributed by atoms with van der Waals surface area (Å²) in [4.78, 5) is 10.5. The Labute approximate surface area is 82.5 Å². The molecule has 5 heteroatoms. The Balaban J connectivity index is 2.75. The normalized spacial score (nSPS) is 12.8. The number of aromatic nitrogens is 2. The lowest BCUT2D eigenvalue weighted by molar-refractivity contribution is -0.138. The monoisotopic (exact) mass is 197 g/mol. The Bertz CT molecular complexity index is 333. The van der Waals surface area contributed by atoms with Crippen molar-refractivity contribution < 1.29 is 9.90 Å². The smallest absolute Gasteiger partial charge is 0.320 e. The molecule has 0 spiro atoms. The van der Waals surface area contributed by atoms with Gasteiger partial charge in [-0.2, -0.15) is 5.10 Å². The Morgan fingerprint density at radius 3 is 2.86 bits per heavy atom. The molecular formula is C9H15N3O2.